The van der Waals surface area contributed by atoms with E-state index < -0.39 is 5.92 Å². The maximum absolute atomic E-state index is 13.3. The summed E-state index contributed by atoms with van der Waals surface area (Å²) in [6.45, 7) is 6.55. The molecular formula is C39H44N2O6. The second-order valence-electron chi connectivity index (χ2n) is 14.6. The van der Waals surface area contributed by atoms with Gasteiger partial charge in [-0.1, -0.05) is 44.2 Å². The molecule has 246 valence electrons. The quantitative estimate of drug-likeness (QED) is 0.326. The number of fused-ring (bicyclic) bond motifs is 2. The highest BCUT2D eigenvalue weighted by Gasteiger charge is 2.49. The van der Waals surface area contributed by atoms with Gasteiger partial charge < -0.3 is 9.47 Å². The molecule has 0 aromatic heterocycles. The standard InChI is InChI=1S/C39H44N2O6/c1-23-6-5-7-26(20-23)41-37(44)32-19-17-30(22-34(32)38(41)45)47-28-14-10-25(11-15-28)39(2,3)24-8-12-27(13-9-24)46-29-16-18-31-33(21-29)36(43)40(4)35(31)42/h5-9,12-14,19-20,25,29-31,33-34H,10-11,15-18,21-22H2,1-4H3. The number of likely N-dealkylation sites (tertiary alicyclic amines) is 1. The Morgan fingerprint density at radius 1 is 0.787 bits per heavy atom. The highest BCUT2D eigenvalue weighted by molar-refractivity contribution is 6.29. The van der Waals surface area contributed by atoms with Crippen molar-refractivity contribution in [1.82, 2.24) is 4.90 Å². The molecule has 5 aliphatic rings. The van der Waals surface area contributed by atoms with Gasteiger partial charge in [0.2, 0.25) is 17.7 Å². The fourth-order valence-electron chi connectivity index (χ4n) is 8.44. The van der Waals surface area contributed by atoms with E-state index >= 15 is 0 Å². The smallest absolute Gasteiger partial charge is 0.261 e. The van der Waals surface area contributed by atoms with E-state index in [-0.39, 0.29) is 53.1 Å². The van der Waals surface area contributed by atoms with Crippen LogP contribution in [0.25, 0.3) is 0 Å². The zero-order chi connectivity index (χ0) is 33.0. The number of benzene rings is 2. The van der Waals surface area contributed by atoms with Crippen molar-refractivity contribution in [3.63, 3.8) is 0 Å². The Morgan fingerprint density at radius 3 is 2.28 bits per heavy atom. The fraction of sp³-hybridized carbons (Fsp3) is 0.487. The summed E-state index contributed by atoms with van der Waals surface area (Å²) in [5, 5.41) is 0. The van der Waals surface area contributed by atoms with E-state index in [9.17, 15) is 19.2 Å². The molecule has 3 aliphatic carbocycles. The predicted molar refractivity (Wildman–Crippen MR) is 177 cm³/mol. The number of imide groups is 2. The third-order valence-electron chi connectivity index (χ3n) is 11.4. The van der Waals surface area contributed by atoms with Crippen LogP contribution in [0.3, 0.4) is 0 Å². The van der Waals surface area contributed by atoms with Crippen molar-refractivity contribution in [3.8, 4) is 5.75 Å². The number of hydrogen-bond acceptors (Lipinski definition) is 6. The number of rotatable bonds is 7. The first kappa shape index (κ1) is 31.4. The van der Waals surface area contributed by atoms with Crippen LogP contribution in [0.4, 0.5) is 5.69 Å². The maximum atomic E-state index is 13.3. The Hall–Kier alpha value is -4.20. The topological polar surface area (TPSA) is 93.2 Å². The minimum Gasteiger partial charge on any atom is -0.495 e. The van der Waals surface area contributed by atoms with Gasteiger partial charge in [0.15, 0.2) is 0 Å². The van der Waals surface area contributed by atoms with Gasteiger partial charge in [0, 0.05) is 31.9 Å². The number of hydrogen-bond donors (Lipinski definition) is 0. The van der Waals surface area contributed by atoms with E-state index in [0.29, 0.717) is 42.9 Å². The molecule has 0 bridgehead atoms. The van der Waals surface area contributed by atoms with Crippen LogP contribution in [0, 0.1) is 30.6 Å². The van der Waals surface area contributed by atoms with Crippen molar-refractivity contribution in [2.75, 3.05) is 11.9 Å². The van der Waals surface area contributed by atoms with Gasteiger partial charge in [0.25, 0.3) is 5.91 Å². The summed E-state index contributed by atoms with van der Waals surface area (Å²) >= 11 is 0. The highest BCUT2D eigenvalue weighted by atomic mass is 16.5. The van der Waals surface area contributed by atoms with Gasteiger partial charge in [-0.3, -0.25) is 24.1 Å². The Labute approximate surface area is 276 Å². The van der Waals surface area contributed by atoms with E-state index in [2.05, 4.69) is 32.1 Å². The summed E-state index contributed by atoms with van der Waals surface area (Å²) < 4.78 is 12.8. The zero-order valence-corrected chi connectivity index (χ0v) is 27.7. The number of nitrogens with zero attached hydrogens (tertiary/aromatic N) is 2. The average molecular weight is 637 g/mol. The maximum Gasteiger partial charge on any atom is 0.261 e. The van der Waals surface area contributed by atoms with Crippen LogP contribution in [-0.4, -0.2) is 47.8 Å². The van der Waals surface area contributed by atoms with Gasteiger partial charge in [-0.15, -0.1) is 0 Å². The normalized spacial score (nSPS) is 29.4. The van der Waals surface area contributed by atoms with Crippen molar-refractivity contribution in [1.29, 1.82) is 0 Å². The number of carbonyl (C=O) groups excluding carboxylic acids is 4. The van der Waals surface area contributed by atoms with Gasteiger partial charge in [0.05, 0.1) is 35.3 Å². The zero-order valence-electron chi connectivity index (χ0n) is 27.7. The Kier molecular flexibility index (Phi) is 8.09. The fourth-order valence-corrected chi connectivity index (χ4v) is 8.44. The molecule has 2 aliphatic heterocycles. The molecule has 7 rings (SSSR count). The molecule has 8 nitrogen and oxygen atoms in total. The number of ether oxygens (including phenoxy) is 2. The first-order valence-electron chi connectivity index (χ1n) is 17.1. The van der Waals surface area contributed by atoms with Crippen LogP contribution < -0.4 is 9.64 Å². The van der Waals surface area contributed by atoms with Gasteiger partial charge in [-0.2, -0.15) is 0 Å². The molecule has 0 radical (unpaired) electrons. The Balaban J connectivity index is 0.933. The summed E-state index contributed by atoms with van der Waals surface area (Å²) in [5.74, 6) is 0.853. The highest BCUT2D eigenvalue weighted by Crippen LogP contribution is 2.44. The second-order valence-corrected chi connectivity index (χ2v) is 14.6. The summed E-state index contributed by atoms with van der Waals surface area (Å²) in [4.78, 5) is 53.9. The SMILES string of the molecule is Cc1cccc(N2C(=O)C3=CCC(OC4=CCC(C(C)(C)c5ccc(OC6CCC7C(=O)N(C)C(=O)C7C6)cc5)CC4)CC3C2=O)c1. The van der Waals surface area contributed by atoms with Crippen molar-refractivity contribution < 1.29 is 28.7 Å². The molecule has 8 heteroatoms. The first-order valence-corrected chi connectivity index (χ1v) is 17.1. The lowest BCUT2D eigenvalue weighted by Crippen LogP contribution is -2.33. The number of amides is 4. The van der Waals surface area contributed by atoms with Crippen LogP contribution in [0.5, 0.6) is 5.75 Å². The lowest BCUT2D eigenvalue weighted by Gasteiger charge is -2.38. The minimum atomic E-state index is -0.448. The number of carbonyl (C=O) groups is 4. The van der Waals surface area contributed by atoms with Crippen LogP contribution in [0.1, 0.15) is 76.3 Å². The van der Waals surface area contributed by atoms with Crippen molar-refractivity contribution in [3.05, 3.63) is 83.1 Å². The largest absolute Gasteiger partial charge is 0.495 e. The monoisotopic (exact) mass is 636 g/mol. The molecule has 47 heavy (non-hydrogen) atoms. The van der Waals surface area contributed by atoms with E-state index in [4.69, 9.17) is 9.47 Å². The molecular weight excluding hydrogens is 592 g/mol. The molecule has 2 aromatic rings. The molecule has 3 fully saturated rings. The van der Waals surface area contributed by atoms with Crippen LogP contribution >= 0.6 is 0 Å². The third-order valence-corrected chi connectivity index (χ3v) is 11.4. The van der Waals surface area contributed by atoms with E-state index in [1.54, 1.807) is 7.05 Å². The first-order chi connectivity index (χ1) is 22.5. The van der Waals surface area contributed by atoms with Gasteiger partial charge in [0.1, 0.15) is 11.9 Å². The van der Waals surface area contributed by atoms with Gasteiger partial charge in [-0.05, 0) is 91.8 Å². The molecule has 6 atom stereocenters. The molecule has 4 amide bonds. The van der Waals surface area contributed by atoms with Crippen LogP contribution in [-0.2, 0) is 29.3 Å². The lowest BCUT2D eigenvalue weighted by atomic mass is 9.68. The number of allylic oxidation sites excluding steroid dienone is 2. The minimum absolute atomic E-state index is 0.0464. The number of anilines is 1. The Bertz CT molecular complexity index is 1670. The van der Waals surface area contributed by atoms with Gasteiger partial charge in [-0.25, -0.2) is 4.90 Å². The molecule has 6 unspecified atom stereocenters. The lowest BCUT2D eigenvalue weighted by molar-refractivity contribution is -0.138. The summed E-state index contributed by atoms with van der Waals surface area (Å²) in [7, 11) is 1.58. The van der Waals surface area contributed by atoms with Crippen molar-refractivity contribution in [2.24, 2.45) is 23.7 Å². The summed E-state index contributed by atoms with van der Waals surface area (Å²) in [5.41, 5.74) is 3.44. The van der Waals surface area contributed by atoms with Gasteiger partial charge >= 0.3 is 0 Å². The molecule has 2 heterocycles. The molecule has 2 aromatic carbocycles. The second kappa shape index (κ2) is 12.1. The van der Waals surface area contributed by atoms with Crippen molar-refractivity contribution in [2.45, 2.75) is 89.8 Å². The summed E-state index contributed by atoms with van der Waals surface area (Å²) in [6, 6.07) is 15.9. The van der Waals surface area contributed by atoms with Crippen LogP contribution in [0.15, 0.2) is 72.0 Å². The molecule has 0 N–H and O–H groups in total. The third kappa shape index (κ3) is 5.70. The van der Waals surface area contributed by atoms with Crippen LogP contribution in [0.2, 0.25) is 0 Å². The predicted octanol–water partition coefficient (Wildman–Crippen LogP) is 6.41. The van der Waals surface area contributed by atoms with E-state index in [1.807, 2.05) is 49.4 Å². The average Bonchev–Trinajstić information content (AvgIpc) is 3.44. The van der Waals surface area contributed by atoms with E-state index in [1.165, 1.54) is 15.4 Å². The summed E-state index contributed by atoms with van der Waals surface area (Å²) in [6.07, 6.45) is 9.90. The molecule has 0 spiro atoms. The molecule has 1 saturated carbocycles. The van der Waals surface area contributed by atoms with Crippen molar-refractivity contribution >= 4 is 29.3 Å². The number of aryl methyl sites for hydroxylation is 1. The van der Waals surface area contributed by atoms with E-state index in [0.717, 1.165) is 42.8 Å². The molecule has 2 saturated heterocycles. The Morgan fingerprint density at radius 2 is 1.55 bits per heavy atom.